The van der Waals surface area contributed by atoms with Gasteiger partial charge in [0.15, 0.2) is 0 Å². The zero-order valence-corrected chi connectivity index (χ0v) is 14.5. The Morgan fingerprint density at radius 2 is 2.00 bits per heavy atom. The largest absolute Gasteiger partial charge is 0.496 e. The van der Waals surface area contributed by atoms with Crippen LogP contribution in [0.2, 0.25) is 0 Å². The molecule has 1 aliphatic rings. The lowest BCUT2D eigenvalue weighted by atomic mass is 10.1. The number of benzene rings is 2. The van der Waals surface area contributed by atoms with Gasteiger partial charge in [-0.15, -0.1) is 0 Å². The van der Waals surface area contributed by atoms with Gasteiger partial charge in [-0.25, -0.2) is 4.79 Å². The number of methoxy groups -OCH3 is 1. The van der Waals surface area contributed by atoms with E-state index >= 15 is 0 Å². The minimum Gasteiger partial charge on any atom is -0.496 e. The van der Waals surface area contributed by atoms with E-state index in [9.17, 15) is 9.59 Å². The Bertz CT molecular complexity index is 777. The lowest BCUT2D eigenvalue weighted by Crippen LogP contribution is -2.23. The number of nitrogens with zero attached hydrogens (tertiary/aromatic N) is 1. The van der Waals surface area contributed by atoms with Gasteiger partial charge in [-0.1, -0.05) is 15.9 Å². The second-order valence-corrected chi connectivity index (χ2v) is 6.03. The average molecular weight is 391 g/mol. The molecule has 1 N–H and O–H groups in total. The number of nitrogens with one attached hydrogen (secondary N) is 1. The molecule has 0 radical (unpaired) electrons. The predicted octanol–water partition coefficient (Wildman–Crippen LogP) is 3.67. The van der Waals surface area contributed by atoms with Crippen molar-refractivity contribution < 1.29 is 19.1 Å². The number of ether oxygens (including phenoxy) is 2. The quantitative estimate of drug-likeness (QED) is 0.864. The molecular formula is C17H15BrN2O4. The number of cyclic esters (lactones) is 1. The van der Waals surface area contributed by atoms with Gasteiger partial charge in [0.05, 0.1) is 19.2 Å². The Balaban J connectivity index is 1.75. The van der Waals surface area contributed by atoms with Gasteiger partial charge in [0.2, 0.25) is 0 Å². The summed E-state index contributed by atoms with van der Waals surface area (Å²) >= 11 is 3.35. The molecule has 2 amide bonds. The summed E-state index contributed by atoms with van der Waals surface area (Å²) in [6, 6.07) is 12.2. The molecule has 124 valence electrons. The summed E-state index contributed by atoms with van der Waals surface area (Å²) in [5.74, 6) is 0.216. The molecule has 0 spiro atoms. The molecule has 1 fully saturated rings. The van der Waals surface area contributed by atoms with Gasteiger partial charge in [-0.3, -0.25) is 9.69 Å². The van der Waals surface area contributed by atoms with E-state index in [0.717, 1.165) is 10.2 Å². The molecule has 24 heavy (non-hydrogen) atoms. The molecule has 7 heteroatoms. The number of carbonyl (C=O) groups excluding carboxylic acids is 2. The number of hydrogen-bond donors (Lipinski definition) is 1. The van der Waals surface area contributed by atoms with Gasteiger partial charge in [0.1, 0.15) is 12.4 Å². The van der Waals surface area contributed by atoms with E-state index in [2.05, 4.69) is 21.2 Å². The van der Waals surface area contributed by atoms with E-state index in [1.165, 1.54) is 7.11 Å². The number of rotatable bonds is 4. The average Bonchev–Trinajstić information content (AvgIpc) is 3.01. The second-order valence-electron chi connectivity index (χ2n) is 5.11. The summed E-state index contributed by atoms with van der Waals surface area (Å²) in [6.07, 6.45) is -0.356. The van der Waals surface area contributed by atoms with Crippen LogP contribution < -0.4 is 15.0 Å². The molecule has 1 saturated heterocycles. The van der Waals surface area contributed by atoms with E-state index in [1.807, 2.05) is 0 Å². The van der Waals surface area contributed by atoms with Crippen LogP contribution in [-0.4, -0.2) is 32.3 Å². The highest BCUT2D eigenvalue weighted by molar-refractivity contribution is 9.10. The van der Waals surface area contributed by atoms with Crippen LogP contribution in [0.3, 0.4) is 0 Å². The molecule has 2 aromatic rings. The normalized spacial score (nSPS) is 13.6. The Kier molecular flexibility index (Phi) is 4.71. The van der Waals surface area contributed by atoms with Crippen molar-refractivity contribution in [1.82, 2.24) is 0 Å². The van der Waals surface area contributed by atoms with Crippen molar-refractivity contribution in [1.29, 1.82) is 0 Å². The second kappa shape index (κ2) is 6.92. The molecule has 0 saturated carbocycles. The standard InChI is InChI=1S/C17H15BrN2O4/c1-23-15-7-2-11(18)10-14(15)16(21)19-12-3-5-13(6-4-12)20-8-9-24-17(20)22/h2-7,10H,8-9H2,1H3,(H,19,21). The minimum atomic E-state index is -0.356. The third kappa shape index (κ3) is 3.35. The molecule has 1 aliphatic heterocycles. The van der Waals surface area contributed by atoms with Crippen LogP contribution in [0.5, 0.6) is 5.75 Å². The Labute approximate surface area is 147 Å². The van der Waals surface area contributed by atoms with Crippen molar-refractivity contribution in [3.8, 4) is 5.75 Å². The van der Waals surface area contributed by atoms with E-state index in [1.54, 1.807) is 47.4 Å². The predicted molar refractivity (Wildman–Crippen MR) is 93.8 cm³/mol. The Hall–Kier alpha value is -2.54. The highest BCUT2D eigenvalue weighted by atomic mass is 79.9. The van der Waals surface area contributed by atoms with E-state index in [0.29, 0.717) is 30.2 Å². The first-order valence-corrected chi connectivity index (χ1v) is 8.07. The summed E-state index contributed by atoms with van der Waals surface area (Å²) < 4.78 is 10.9. The topological polar surface area (TPSA) is 67.9 Å². The highest BCUT2D eigenvalue weighted by Crippen LogP contribution is 2.25. The maximum Gasteiger partial charge on any atom is 0.414 e. The van der Waals surface area contributed by atoms with Crippen molar-refractivity contribution >= 4 is 39.3 Å². The zero-order valence-electron chi connectivity index (χ0n) is 12.9. The van der Waals surface area contributed by atoms with Crippen LogP contribution >= 0.6 is 15.9 Å². The fraction of sp³-hybridized carbons (Fsp3) is 0.176. The van der Waals surface area contributed by atoms with Crippen LogP contribution in [0.1, 0.15) is 10.4 Å². The smallest absolute Gasteiger partial charge is 0.414 e. The minimum absolute atomic E-state index is 0.276. The fourth-order valence-corrected chi connectivity index (χ4v) is 2.77. The molecule has 1 heterocycles. The molecule has 0 aliphatic carbocycles. The maximum atomic E-state index is 12.4. The van der Waals surface area contributed by atoms with Crippen LogP contribution in [0, 0.1) is 0 Å². The van der Waals surface area contributed by atoms with Gasteiger partial charge in [-0.2, -0.15) is 0 Å². The molecule has 6 nitrogen and oxygen atoms in total. The van der Waals surface area contributed by atoms with Crippen molar-refractivity contribution in [2.75, 3.05) is 30.5 Å². The molecule has 3 rings (SSSR count). The highest BCUT2D eigenvalue weighted by Gasteiger charge is 2.23. The van der Waals surface area contributed by atoms with Crippen molar-refractivity contribution in [2.24, 2.45) is 0 Å². The number of anilines is 2. The summed E-state index contributed by atoms with van der Waals surface area (Å²) in [5.41, 5.74) is 1.79. The Morgan fingerprint density at radius 1 is 1.25 bits per heavy atom. The van der Waals surface area contributed by atoms with Crippen molar-refractivity contribution in [3.63, 3.8) is 0 Å². The summed E-state index contributed by atoms with van der Waals surface area (Å²) in [6.45, 7) is 0.916. The van der Waals surface area contributed by atoms with Crippen molar-refractivity contribution in [2.45, 2.75) is 0 Å². The lowest BCUT2D eigenvalue weighted by molar-refractivity contribution is 0.102. The molecule has 0 atom stereocenters. The van der Waals surface area contributed by atoms with Gasteiger partial charge < -0.3 is 14.8 Å². The molecule has 0 bridgehead atoms. The SMILES string of the molecule is COc1ccc(Br)cc1C(=O)Nc1ccc(N2CCOC2=O)cc1. The van der Waals surface area contributed by atoms with Crippen LogP contribution in [0.15, 0.2) is 46.9 Å². The summed E-state index contributed by atoms with van der Waals surface area (Å²) in [4.78, 5) is 25.5. The number of hydrogen-bond acceptors (Lipinski definition) is 4. The first-order chi connectivity index (χ1) is 11.6. The lowest BCUT2D eigenvalue weighted by Gasteiger charge is -2.14. The maximum absolute atomic E-state index is 12.4. The molecular weight excluding hydrogens is 376 g/mol. The van der Waals surface area contributed by atoms with Crippen molar-refractivity contribution in [3.05, 3.63) is 52.5 Å². The molecule has 0 unspecified atom stereocenters. The number of halogens is 1. The van der Waals surface area contributed by atoms with Crippen LogP contribution in [0.25, 0.3) is 0 Å². The number of amides is 2. The van der Waals surface area contributed by atoms with E-state index < -0.39 is 0 Å². The third-order valence-corrected chi connectivity index (χ3v) is 4.10. The van der Waals surface area contributed by atoms with Crippen LogP contribution in [-0.2, 0) is 4.74 Å². The number of carbonyl (C=O) groups is 2. The monoisotopic (exact) mass is 390 g/mol. The third-order valence-electron chi connectivity index (χ3n) is 3.60. The molecule has 2 aromatic carbocycles. The zero-order chi connectivity index (χ0) is 17.1. The summed E-state index contributed by atoms with van der Waals surface area (Å²) in [5, 5.41) is 2.81. The van der Waals surface area contributed by atoms with Gasteiger partial charge in [0, 0.05) is 15.8 Å². The Morgan fingerprint density at radius 3 is 2.62 bits per heavy atom. The van der Waals surface area contributed by atoms with Gasteiger partial charge >= 0.3 is 6.09 Å². The summed E-state index contributed by atoms with van der Waals surface area (Å²) in [7, 11) is 1.52. The first kappa shape index (κ1) is 16.3. The molecule has 0 aromatic heterocycles. The van der Waals surface area contributed by atoms with Gasteiger partial charge in [0.25, 0.3) is 5.91 Å². The van der Waals surface area contributed by atoms with E-state index in [4.69, 9.17) is 9.47 Å². The first-order valence-electron chi connectivity index (χ1n) is 7.28. The van der Waals surface area contributed by atoms with Gasteiger partial charge in [-0.05, 0) is 42.5 Å². The van der Waals surface area contributed by atoms with Crippen LogP contribution in [0.4, 0.5) is 16.2 Å². The fourth-order valence-electron chi connectivity index (χ4n) is 2.41. The van der Waals surface area contributed by atoms with E-state index in [-0.39, 0.29) is 12.0 Å².